The average Bonchev–Trinajstić information content (AvgIpc) is 2.06. The first-order valence-corrected chi connectivity index (χ1v) is 4.44. The molecule has 4 heteroatoms. The monoisotopic (exact) mass is 215 g/mol. The van der Waals surface area contributed by atoms with Gasteiger partial charge in [0.1, 0.15) is 11.9 Å². The van der Waals surface area contributed by atoms with Crippen LogP contribution in [0.4, 0.5) is 5.69 Å². The van der Waals surface area contributed by atoms with Crippen LogP contribution in [0.1, 0.15) is 12.8 Å². The van der Waals surface area contributed by atoms with Gasteiger partial charge in [0.15, 0.2) is 0 Å². The minimum absolute atomic E-state index is 0. The summed E-state index contributed by atoms with van der Waals surface area (Å²) >= 11 is 0. The van der Waals surface area contributed by atoms with Gasteiger partial charge in [-0.1, -0.05) is 0 Å². The van der Waals surface area contributed by atoms with Crippen molar-refractivity contribution in [1.29, 1.82) is 0 Å². The van der Waals surface area contributed by atoms with Crippen LogP contribution < -0.4 is 10.5 Å². The zero-order valence-electron chi connectivity index (χ0n) is 7.72. The summed E-state index contributed by atoms with van der Waals surface area (Å²) in [6, 6.07) is 7.31. The lowest BCUT2D eigenvalue weighted by Gasteiger charge is -2.31. The third-order valence-electron chi connectivity index (χ3n) is 2.25. The van der Waals surface area contributed by atoms with Crippen LogP contribution in [0.5, 0.6) is 5.75 Å². The lowest BCUT2D eigenvalue weighted by atomic mass is 9.92. The Kier molecular flexibility index (Phi) is 3.61. The molecule has 0 bridgehead atoms. The molecule has 0 amide bonds. The number of ether oxygens (including phenoxy) is 1. The van der Waals surface area contributed by atoms with Crippen LogP contribution in [0, 0.1) is 0 Å². The maximum Gasteiger partial charge on any atom is 0.119 e. The standard InChI is InChI=1S/C10H13NO2.ClH/c11-7-1-3-9(4-2-7)13-10-5-8(12)6-10;/h1-4,8,10,12H,5-6,11H2;1H/t8-,10+;. The maximum absolute atomic E-state index is 9.04. The molecular formula is C10H14ClNO2. The second kappa shape index (κ2) is 4.53. The van der Waals surface area contributed by atoms with Gasteiger partial charge in [-0.2, -0.15) is 0 Å². The van der Waals surface area contributed by atoms with Crippen molar-refractivity contribution < 1.29 is 9.84 Å². The topological polar surface area (TPSA) is 55.5 Å². The van der Waals surface area contributed by atoms with Crippen LogP contribution in [0.25, 0.3) is 0 Å². The second-order valence-corrected chi connectivity index (χ2v) is 3.43. The fraction of sp³-hybridized carbons (Fsp3) is 0.400. The number of hydrogen-bond acceptors (Lipinski definition) is 3. The molecule has 78 valence electrons. The molecule has 2 rings (SSSR count). The van der Waals surface area contributed by atoms with Gasteiger partial charge in [-0.3, -0.25) is 0 Å². The van der Waals surface area contributed by atoms with Crippen LogP contribution in [0.3, 0.4) is 0 Å². The fourth-order valence-electron chi connectivity index (χ4n) is 1.37. The summed E-state index contributed by atoms with van der Waals surface area (Å²) in [5.41, 5.74) is 6.27. The minimum Gasteiger partial charge on any atom is -0.490 e. The Morgan fingerprint density at radius 3 is 2.29 bits per heavy atom. The molecule has 3 nitrogen and oxygen atoms in total. The molecule has 0 aliphatic heterocycles. The van der Waals surface area contributed by atoms with Gasteiger partial charge in [0, 0.05) is 18.5 Å². The van der Waals surface area contributed by atoms with Gasteiger partial charge in [-0.15, -0.1) is 12.4 Å². The zero-order valence-corrected chi connectivity index (χ0v) is 8.54. The number of aliphatic hydroxyl groups is 1. The number of nitrogen functional groups attached to an aromatic ring is 1. The van der Waals surface area contributed by atoms with E-state index >= 15 is 0 Å². The molecule has 0 saturated heterocycles. The number of rotatable bonds is 2. The largest absolute Gasteiger partial charge is 0.490 e. The maximum atomic E-state index is 9.04. The van der Waals surface area contributed by atoms with Gasteiger partial charge in [-0.25, -0.2) is 0 Å². The van der Waals surface area contributed by atoms with E-state index in [2.05, 4.69) is 0 Å². The first kappa shape index (κ1) is 11.1. The van der Waals surface area contributed by atoms with Crippen molar-refractivity contribution >= 4 is 18.1 Å². The summed E-state index contributed by atoms with van der Waals surface area (Å²) in [5.74, 6) is 0.825. The Labute approximate surface area is 89.3 Å². The normalized spacial score (nSPS) is 24.6. The van der Waals surface area contributed by atoms with Gasteiger partial charge in [-0.05, 0) is 24.3 Å². The van der Waals surface area contributed by atoms with E-state index in [9.17, 15) is 0 Å². The van der Waals surface area contributed by atoms with E-state index in [1.54, 1.807) is 0 Å². The van der Waals surface area contributed by atoms with Crippen molar-refractivity contribution in [3.63, 3.8) is 0 Å². The van der Waals surface area contributed by atoms with Crippen LogP contribution in [-0.4, -0.2) is 17.3 Å². The summed E-state index contributed by atoms with van der Waals surface area (Å²) < 4.78 is 5.56. The van der Waals surface area contributed by atoms with E-state index in [4.69, 9.17) is 15.6 Å². The number of halogens is 1. The molecule has 3 N–H and O–H groups in total. The summed E-state index contributed by atoms with van der Waals surface area (Å²) in [4.78, 5) is 0. The van der Waals surface area contributed by atoms with Crippen molar-refractivity contribution in [1.82, 2.24) is 0 Å². The number of benzene rings is 1. The van der Waals surface area contributed by atoms with E-state index < -0.39 is 0 Å². The highest BCUT2D eigenvalue weighted by Gasteiger charge is 2.28. The third kappa shape index (κ3) is 2.53. The van der Waals surface area contributed by atoms with Crippen molar-refractivity contribution in [2.45, 2.75) is 25.0 Å². The molecule has 0 unspecified atom stereocenters. The van der Waals surface area contributed by atoms with Crippen molar-refractivity contribution in [2.24, 2.45) is 0 Å². The lowest BCUT2D eigenvalue weighted by molar-refractivity contribution is -0.0107. The lowest BCUT2D eigenvalue weighted by Crippen LogP contribution is -2.37. The predicted octanol–water partition coefficient (Wildman–Crippen LogP) is 1.59. The predicted molar refractivity (Wildman–Crippen MR) is 57.8 cm³/mol. The van der Waals surface area contributed by atoms with Gasteiger partial charge < -0.3 is 15.6 Å². The summed E-state index contributed by atoms with van der Waals surface area (Å²) in [6.45, 7) is 0. The van der Waals surface area contributed by atoms with E-state index in [-0.39, 0.29) is 24.6 Å². The Bertz CT molecular complexity index is 283. The average molecular weight is 216 g/mol. The number of aliphatic hydroxyl groups excluding tert-OH is 1. The number of hydrogen-bond donors (Lipinski definition) is 2. The van der Waals surface area contributed by atoms with Crippen LogP contribution in [0.2, 0.25) is 0 Å². The van der Waals surface area contributed by atoms with Crippen molar-refractivity contribution in [3.05, 3.63) is 24.3 Å². The summed E-state index contributed by atoms with van der Waals surface area (Å²) in [5, 5.41) is 9.04. The second-order valence-electron chi connectivity index (χ2n) is 3.43. The highest BCUT2D eigenvalue weighted by atomic mass is 35.5. The Morgan fingerprint density at radius 1 is 1.21 bits per heavy atom. The van der Waals surface area contributed by atoms with Crippen molar-refractivity contribution in [3.8, 4) is 5.75 Å². The summed E-state index contributed by atoms with van der Waals surface area (Å²) in [6.07, 6.45) is 1.49. The Balaban J connectivity index is 0.000000980. The van der Waals surface area contributed by atoms with Crippen LogP contribution in [-0.2, 0) is 0 Å². The Morgan fingerprint density at radius 2 is 1.79 bits per heavy atom. The molecule has 1 aliphatic carbocycles. The van der Waals surface area contributed by atoms with E-state index in [1.165, 1.54) is 0 Å². The van der Waals surface area contributed by atoms with Crippen LogP contribution >= 0.6 is 12.4 Å². The number of anilines is 1. The molecule has 1 fully saturated rings. The van der Waals surface area contributed by atoms with Gasteiger partial charge in [0.05, 0.1) is 6.10 Å². The molecule has 14 heavy (non-hydrogen) atoms. The van der Waals surface area contributed by atoms with Crippen molar-refractivity contribution in [2.75, 3.05) is 5.73 Å². The Hall–Kier alpha value is -0.930. The molecular weight excluding hydrogens is 202 g/mol. The van der Waals surface area contributed by atoms with Crippen LogP contribution in [0.15, 0.2) is 24.3 Å². The quantitative estimate of drug-likeness (QED) is 0.737. The molecule has 1 aromatic carbocycles. The zero-order chi connectivity index (χ0) is 9.26. The highest BCUT2D eigenvalue weighted by molar-refractivity contribution is 5.85. The molecule has 0 aromatic heterocycles. The molecule has 0 spiro atoms. The third-order valence-corrected chi connectivity index (χ3v) is 2.25. The van der Waals surface area contributed by atoms with E-state index in [0.29, 0.717) is 0 Å². The molecule has 1 saturated carbocycles. The van der Waals surface area contributed by atoms with Gasteiger partial charge in [0.25, 0.3) is 0 Å². The molecule has 0 radical (unpaired) electrons. The molecule has 1 aromatic rings. The van der Waals surface area contributed by atoms with Gasteiger partial charge >= 0.3 is 0 Å². The molecule has 0 heterocycles. The van der Waals surface area contributed by atoms with E-state index in [1.807, 2.05) is 24.3 Å². The first-order valence-electron chi connectivity index (χ1n) is 4.44. The first-order chi connectivity index (χ1) is 6.24. The SMILES string of the molecule is Cl.Nc1ccc(O[C@H]2C[C@@H](O)C2)cc1. The fourth-order valence-corrected chi connectivity index (χ4v) is 1.37. The minimum atomic E-state index is -0.168. The molecule has 1 aliphatic rings. The number of nitrogens with two attached hydrogens (primary N) is 1. The smallest absolute Gasteiger partial charge is 0.119 e. The van der Waals surface area contributed by atoms with Gasteiger partial charge in [0.2, 0.25) is 0 Å². The highest BCUT2D eigenvalue weighted by Crippen LogP contribution is 2.25. The molecule has 0 atom stereocenters. The van der Waals surface area contributed by atoms with E-state index in [0.717, 1.165) is 24.3 Å². The summed E-state index contributed by atoms with van der Waals surface area (Å²) in [7, 11) is 0.